The molecule has 30 heavy (non-hydrogen) atoms. The van der Waals surface area contributed by atoms with Crippen LogP contribution >= 0.6 is 0 Å². The third kappa shape index (κ3) is 7.50. The Labute approximate surface area is 177 Å². The van der Waals surface area contributed by atoms with E-state index in [1.54, 1.807) is 43.0 Å². The van der Waals surface area contributed by atoms with E-state index in [1.165, 1.54) is 0 Å². The summed E-state index contributed by atoms with van der Waals surface area (Å²) in [5, 5.41) is 0. The van der Waals surface area contributed by atoms with Crippen LogP contribution in [0.15, 0.2) is 73.3 Å². The van der Waals surface area contributed by atoms with Crippen molar-refractivity contribution >= 4 is 15.8 Å². The van der Waals surface area contributed by atoms with Gasteiger partial charge >= 0.3 is 0 Å². The lowest BCUT2D eigenvalue weighted by Crippen LogP contribution is -2.24. The molecule has 0 bridgehead atoms. The molecule has 0 radical (unpaired) electrons. The fourth-order valence-corrected chi connectivity index (χ4v) is 4.13. The van der Waals surface area contributed by atoms with Gasteiger partial charge < -0.3 is 0 Å². The lowest BCUT2D eigenvalue weighted by atomic mass is 10.0. The minimum absolute atomic E-state index is 0.0857. The molecule has 0 saturated heterocycles. The Morgan fingerprint density at radius 3 is 1.93 bits per heavy atom. The largest absolute Gasteiger partial charge is 0.300 e. The van der Waals surface area contributed by atoms with E-state index in [-0.39, 0.29) is 18.1 Å². The monoisotopic (exact) mass is 423 g/mol. The summed E-state index contributed by atoms with van der Waals surface area (Å²) < 4.78 is 27.2. The van der Waals surface area contributed by atoms with Gasteiger partial charge in [-0.2, -0.15) is 0 Å². The number of hydrogen-bond donors (Lipinski definition) is 1. The highest BCUT2D eigenvalue weighted by molar-refractivity contribution is 7.88. The van der Waals surface area contributed by atoms with Gasteiger partial charge in [-0.1, -0.05) is 36.4 Å². The molecule has 3 aromatic rings. The maximum atomic E-state index is 12.3. The Morgan fingerprint density at radius 2 is 1.33 bits per heavy atom. The lowest BCUT2D eigenvalue weighted by molar-refractivity contribution is -0.119. The average Bonchev–Trinajstić information content (AvgIpc) is 2.77. The zero-order valence-electron chi connectivity index (χ0n) is 16.7. The first-order valence-corrected chi connectivity index (χ1v) is 11.5. The maximum Gasteiger partial charge on any atom is 0.216 e. The molecular weight excluding hydrogens is 398 g/mol. The summed E-state index contributed by atoms with van der Waals surface area (Å²) in [5.41, 5.74) is 3.60. The fourth-order valence-electron chi connectivity index (χ4n) is 3.01. The Kier molecular flexibility index (Phi) is 7.82. The number of hydrogen-bond acceptors (Lipinski definition) is 5. The molecule has 0 atom stereocenters. The molecule has 7 heteroatoms. The molecule has 1 N–H and O–H groups in total. The predicted molar refractivity (Wildman–Crippen MR) is 116 cm³/mol. The van der Waals surface area contributed by atoms with Crippen molar-refractivity contribution in [2.75, 3.05) is 0 Å². The number of pyridine rings is 2. The fraction of sp³-hybridized carbons (Fsp3) is 0.261. The number of sulfonamides is 1. The summed E-state index contributed by atoms with van der Waals surface area (Å²) in [6, 6.07) is 14.8. The summed E-state index contributed by atoms with van der Waals surface area (Å²) in [6.07, 6.45) is 9.12. The third-order valence-corrected chi connectivity index (χ3v) is 6.00. The van der Waals surface area contributed by atoms with Gasteiger partial charge in [0.15, 0.2) is 0 Å². The highest BCUT2D eigenvalue weighted by Gasteiger charge is 2.12. The zero-order valence-corrected chi connectivity index (χ0v) is 17.5. The van der Waals surface area contributed by atoms with Crippen molar-refractivity contribution in [1.29, 1.82) is 0 Å². The van der Waals surface area contributed by atoms with Crippen molar-refractivity contribution < 1.29 is 13.2 Å². The van der Waals surface area contributed by atoms with E-state index in [4.69, 9.17) is 0 Å². The van der Waals surface area contributed by atoms with Crippen LogP contribution in [-0.4, -0.2) is 24.2 Å². The minimum atomic E-state index is -3.44. The summed E-state index contributed by atoms with van der Waals surface area (Å²) in [4.78, 5) is 20.2. The van der Waals surface area contributed by atoms with E-state index < -0.39 is 10.0 Å². The van der Waals surface area contributed by atoms with Gasteiger partial charge in [-0.05, 0) is 47.2 Å². The second-order valence-electron chi connectivity index (χ2n) is 7.16. The highest BCUT2D eigenvalue weighted by atomic mass is 32.2. The lowest BCUT2D eigenvalue weighted by Gasteiger charge is -2.08. The number of carbonyl (C=O) groups excluding carboxylic acids is 1. The second-order valence-corrected chi connectivity index (χ2v) is 8.96. The zero-order chi connectivity index (χ0) is 21.2. The SMILES string of the molecule is O=C(CCc1ccc(CS(=O)(=O)NCc2cccnc2)cc1)CCc1cccnc1. The first-order chi connectivity index (χ1) is 14.5. The molecule has 0 fully saturated rings. The summed E-state index contributed by atoms with van der Waals surface area (Å²) in [5.74, 6) is 0.127. The van der Waals surface area contributed by atoms with Crippen LogP contribution in [0.2, 0.25) is 0 Å². The third-order valence-electron chi connectivity index (χ3n) is 4.71. The highest BCUT2D eigenvalue weighted by Crippen LogP contribution is 2.11. The van der Waals surface area contributed by atoms with Crippen LogP contribution in [0.25, 0.3) is 0 Å². The number of benzene rings is 1. The van der Waals surface area contributed by atoms with Crippen LogP contribution in [0.1, 0.15) is 35.1 Å². The number of ketones is 1. The van der Waals surface area contributed by atoms with E-state index in [1.807, 2.05) is 30.3 Å². The van der Waals surface area contributed by atoms with Gasteiger partial charge in [0, 0.05) is 44.2 Å². The van der Waals surface area contributed by atoms with Gasteiger partial charge in [0.25, 0.3) is 0 Å². The van der Waals surface area contributed by atoms with Crippen LogP contribution in [0.3, 0.4) is 0 Å². The average molecular weight is 424 g/mol. The molecule has 2 heterocycles. The van der Waals surface area contributed by atoms with Crippen molar-refractivity contribution in [1.82, 2.24) is 14.7 Å². The second kappa shape index (κ2) is 10.8. The number of nitrogens with one attached hydrogen (secondary N) is 1. The topological polar surface area (TPSA) is 89.0 Å². The van der Waals surface area contributed by atoms with Gasteiger partial charge in [0.2, 0.25) is 10.0 Å². The first-order valence-electron chi connectivity index (χ1n) is 9.85. The maximum absolute atomic E-state index is 12.3. The molecule has 3 rings (SSSR count). The normalized spacial score (nSPS) is 11.3. The molecule has 0 saturated carbocycles. The van der Waals surface area contributed by atoms with E-state index in [0.29, 0.717) is 31.2 Å². The van der Waals surface area contributed by atoms with Crippen molar-refractivity contribution in [3.05, 3.63) is 95.6 Å². The number of aryl methyl sites for hydroxylation is 2. The van der Waals surface area contributed by atoms with Crippen LogP contribution in [0, 0.1) is 0 Å². The Bertz CT molecular complexity index is 1040. The van der Waals surface area contributed by atoms with E-state index in [2.05, 4.69) is 14.7 Å². The van der Waals surface area contributed by atoms with Crippen LogP contribution < -0.4 is 4.72 Å². The van der Waals surface area contributed by atoms with Gasteiger partial charge in [-0.15, -0.1) is 0 Å². The summed E-state index contributed by atoms with van der Waals surface area (Å²) >= 11 is 0. The minimum Gasteiger partial charge on any atom is -0.300 e. The summed E-state index contributed by atoms with van der Waals surface area (Å²) in [7, 11) is -3.44. The number of rotatable bonds is 11. The summed E-state index contributed by atoms with van der Waals surface area (Å²) in [6.45, 7) is 0.218. The Hall–Kier alpha value is -2.90. The Balaban J connectivity index is 1.43. The molecule has 2 aromatic heterocycles. The van der Waals surface area contributed by atoms with Gasteiger partial charge in [-0.3, -0.25) is 14.8 Å². The molecule has 0 spiro atoms. The molecule has 0 amide bonds. The standard InChI is InChI=1S/C23H25N3O3S/c27-23(12-10-20-3-1-13-24-15-20)11-9-19-5-7-21(8-6-19)18-30(28,29)26-17-22-4-2-14-25-16-22/h1-8,13-16,26H,9-12,17-18H2. The first kappa shape index (κ1) is 21.8. The van der Waals surface area contributed by atoms with Crippen molar-refractivity contribution in [3.63, 3.8) is 0 Å². The molecule has 0 unspecified atom stereocenters. The van der Waals surface area contributed by atoms with Crippen molar-refractivity contribution in [2.45, 2.75) is 38.0 Å². The van der Waals surface area contributed by atoms with Crippen LogP contribution in [0.4, 0.5) is 0 Å². The van der Waals surface area contributed by atoms with Crippen LogP contribution in [-0.2, 0) is 40.0 Å². The molecule has 1 aromatic carbocycles. The molecule has 6 nitrogen and oxygen atoms in total. The number of aromatic nitrogens is 2. The van der Waals surface area contributed by atoms with Gasteiger partial charge in [0.05, 0.1) is 5.75 Å². The number of carbonyl (C=O) groups is 1. The van der Waals surface area contributed by atoms with Gasteiger partial charge in [0.1, 0.15) is 5.78 Å². The molecule has 0 aliphatic heterocycles. The van der Waals surface area contributed by atoms with Crippen molar-refractivity contribution in [3.8, 4) is 0 Å². The molecule has 156 valence electrons. The smallest absolute Gasteiger partial charge is 0.216 e. The number of Topliss-reactive ketones (excluding diaryl/α,β-unsaturated/α-hetero) is 1. The molecular formula is C23H25N3O3S. The number of nitrogens with zero attached hydrogens (tertiary/aromatic N) is 2. The quantitative estimate of drug-likeness (QED) is 0.511. The van der Waals surface area contributed by atoms with Crippen molar-refractivity contribution in [2.24, 2.45) is 0 Å². The molecule has 0 aliphatic rings. The van der Waals surface area contributed by atoms with Gasteiger partial charge in [-0.25, -0.2) is 13.1 Å². The molecule has 0 aliphatic carbocycles. The van der Waals surface area contributed by atoms with E-state index in [9.17, 15) is 13.2 Å². The predicted octanol–water partition coefficient (Wildman–Crippen LogP) is 3.23. The van der Waals surface area contributed by atoms with E-state index in [0.717, 1.165) is 16.7 Å². The Morgan fingerprint density at radius 1 is 0.767 bits per heavy atom. The van der Waals surface area contributed by atoms with E-state index >= 15 is 0 Å². The van der Waals surface area contributed by atoms with Crippen LogP contribution in [0.5, 0.6) is 0 Å².